The minimum absolute atomic E-state index is 0.0256. The molecule has 0 spiro atoms. The number of hydrogen-bond donors (Lipinski definition) is 2. The second kappa shape index (κ2) is 5.24. The van der Waals surface area contributed by atoms with Crippen molar-refractivity contribution >= 4 is 28.9 Å². The fraction of sp³-hybridized carbons (Fsp3) is 0. The zero-order chi connectivity index (χ0) is 14.0. The Morgan fingerprint density at radius 2 is 1.89 bits per heavy atom. The van der Waals surface area contributed by atoms with E-state index in [1.165, 1.54) is 24.3 Å². The lowest BCUT2D eigenvalue weighted by Crippen LogP contribution is -2.15. The molecule has 98 valence electrons. The van der Waals surface area contributed by atoms with Crippen LogP contribution in [0.4, 0.5) is 20.2 Å². The van der Waals surface area contributed by atoms with Gasteiger partial charge < -0.3 is 11.1 Å². The molecule has 2 rings (SSSR count). The van der Waals surface area contributed by atoms with E-state index in [0.29, 0.717) is 0 Å². The van der Waals surface area contributed by atoms with Crippen LogP contribution in [0.5, 0.6) is 0 Å². The van der Waals surface area contributed by atoms with Crippen molar-refractivity contribution in [2.45, 2.75) is 0 Å². The number of nitrogens with one attached hydrogen (secondary N) is 1. The van der Waals surface area contributed by atoms with Crippen molar-refractivity contribution in [2.24, 2.45) is 0 Å². The maximum Gasteiger partial charge on any atom is 0.258 e. The first-order valence-corrected chi connectivity index (χ1v) is 5.67. The van der Waals surface area contributed by atoms with Crippen LogP contribution < -0.4 is 11.1 Å². The Balaban J connectivity index is 2.34. The third kappa shape index (κ3) is 2.82. The number of para-hydroxylation sites is 1. The number of anilines is 2. The predicted molar refractivity (Wildman–Crippen MR) is 70.2 cm³/mol. The molecule has 0 aliphatic rings. The summed E-state index contributed by atoms with van der Waals surface area (Å²) in [6.07, 6.45) is 0. The number of benzene rings is 2. The van der Waals surface area contributed by atoms with Gasteiger partial charge in [0.25, 0.3) is 5.91 Å². The van der Waals surface area contributed by atoms with Gasteiger partial charge in [0, 0.05) is 5.69 Å². The summed E-state index contributed by atoms with van der Waals surface area (Å²) in [4.78, 5) is 11.9. The average Bonchev–Trinajstić information content (AvgIpc) is 2.37. The highest BCUT2D eigenvalue weighted by Crippen LogP contribution is 2.25. The molecule has 1 amide bonds. The monoisotopic (exact) mass is 282 g/mol. The maximum absolute atomic E-state index is 13.5. The molecule has 0 saturated heterocycles. The van der Waals surface area contributed by atoms with E-state index in [1.54, 1.807) is 0 Å². The first kappa shape index (κ1) is 13.3. The largest absolute Gasteiger partial charge is 0.399 e. The summed E-state index contributed by atoms with van der Waals surface area (Å²) in [6.45, 7) is 0. The third-order valence-electron chi connectivity index (χ3n) is 2.44. The molecule has 0 aliphatic heterocycles. The van der Waals surface area contributed by atoms with Gasteiger partial charge in [-0.2, -0.15) is 0 Å². The second-order valence-corrected chi connectivity index (χ2v) is 4.20. The molecule has 0 bridgehead atoms. The molecule has 2 aromatic rings. The van der Waals surface area contributed by atoms with Gasteiger partial charge >= 0.3 is 0 Å². The summed E-state index contributed by atoms with van der Waals surface area (Å²) in [7, 11) is 0. The van der Waals surface area contributed by atoms with Crippen LogP contribution in [0.15, 0.2) is 36.4 Å². The van der Waals surface area contributed by atoms with Crippen LogP contribution in [-0.4, -0.2) is 5.91 Å². The van der Waals surface area contributed by atoms with E-state index in [4.69, 9.17) is 17.3 Å². The predicted octanol–water partition coefficient (Wildman–Crippen LogP) is 3.45. The second-order valence-electron chi connectivity index (χ2n) is 3.79. The molecule has 3 nitrogen and oxygen atoms in total. The fourth-order valence-electron chi connectivity index (χ4n) is 1.51. The van der Waals surface area contributed by atoms with E-state index < -0.39 is 17.5 Å². The number of hydrogen-bond acceptors (Lipinski definition) is 2. The van der Waals surface area contributed by atoms with Crippen LogP contribution in [0, 0.1) is 11.6 Å². The number of nitrogens with two attached hydrogens (primary N) is 1. The maximum atomic E-state index is 13.5. The quantitative estimate of drug-likeness (QED) is 0.829. The van der Waals surface area contributed by atoms with Crippen molar-refractivity contribution in [3.8, 4) is 0 Å². The van der Waals surface area contributed by atoms with E-state index in [-0.39, 0.29) is 22.0 Å². The number of carbonyl (C=O) groups is 1. The highest BCUT2D eigenvalue weighted by molar-refractivity contribution is 6.34. The molecular weight excluding hydrogens is 274 g/mol. The molecule has 19 heavy (non-hydrogen) atoms. The van der Waals surface area contributed by atoms with Gasteiger partial charge in [-0.25, -0.2) is 8.78 Å². The van der Waals surface area contributed by atoms with Crippen molar-refractivity contribution in [3.05, 3.63) is 58.6 Å². The molecule has 0 aliphatic carbocycles. The average molecular weight is 283 g/mol. The molecule has 0 heterocycles. The molecule has 6 heteroatoms. The lowest BCUT2D eigenvalue weighted by Gasteiger charge is -2.09. The Bertz CT molecular complexity index is 626. The fourth-order valence-corrected chi connectivity index (χ4v) is 1.73. The molecule has 0 unspecified atom stereocenters. The summed E-state index contributed by atoms with van der Waals surface area (Å²) in [5.74, 6) is -2.28. The Hall–Kier alpha value is -2.14. The highest BCUT2D eigenvalue weighted by Gasteiger charge is 2.15. The first-order valence-electron chi connectivity index (χ1n) is 5.29. The van der Waals surface area contributed by atoms with Gasteiger partial charge in [0.1, 0.15) is 11.6 Å². The van der Waals surface area contributed by atoms with Crippen molar-refractivity contribution in [1.29, 1.82) is 0 Å². The summed E-state index contributed by atoms with van der Waals surface area (Å²) in [6, 6.07) is 7.50. The minimum atomic E-state index is -0.822. The van der Waals surface area contributed by atoms with Gasteiger partial charge in [-0.05, 0) is 30.3 Å². The number of nitrogen functional groups attached to an aromatic ring is 1. The normalized spacial score (nSPS) is 10.3. The van der Waals surface area contributed by atoms with Crippen LogP contribution in [-0.2, 0) is 0 Å². The zero-order valence-electron chi connectivity index (χ0n) is 9.58. The van der Waals surface area contributed by atoms with Crippen LogP contribution in [0.3, 0.4) is 0 Å². The molecule has 0 atom stereocenters. The lowest BCUT2D eigenvalue weighted by atomic mass is 10.1. The Labute approximate surface area is 113 Å². The molecule has 0 radical (unpaired) electrons. The highest BCUT2D eigenvalue weighted by atomic mass is 35.5. The molecule has 3 N–H and O–H groups in total. The van der Waals surface area contributed by atoms with Gasteiger partial charge in [0.15, 0.2) is 0 Å². The standard InChI is InChI=1S/C13H9ClF2N2O/c14-9-2-1-3-11(16)12(9)18-13(19)8-6-7(17)4-5-10(8)15/h1-6H,17H2,(H,18,19). The van der Waals surface area contributed by atoms with Gasteiger partial charge in [-0.1, -0.05) is 17.7 Å². The van der Waals surface area contributed by atoms with Gasteiger partial charge in [0.05, 0.1) is 16.3 Å². The molecule has 0 fully saturated rings. The van der Waals surface area contributed by atoms with Gasteiger partial charge in [-0.3, -0.25) is 4.79 Å². The molecule has 2 aromatic carbocycles. The zero-order valence-corrected chi connectivity index (χ0v) is 10.3. The molecule has 0 saturated carbocycles. The van der Waals surface area contributed by atoms with Crippen molar-refractivity contribution in [2.75, 3.05) is 11.1 Å². The van der Waals surface area contributed by atoms with E-state index in [1.807, 2.05) is 0 Å². The topological polar surface area (TPSA) is 55.1 Å². The number of carbonyl (C=O) groups excluding carboxylic acids is 1. The Kier molecular flexibility index (Phi) is 3.66. The first-order chi connectivity index (χ1) is 8.99. The molecular formula is C13H9ClF2N2O. The number of halogens is 3. The van der Waals surface area contributed by atoms with Crippen molar-refractivity contribution in [3.63, 3.8) is 0 Å². The minimum Gasteiger partial charge on any atom is -0.399 e. The Morgan fingerprint density at radius 3 is 2.58 bits per heavy atom. The summed E-state index contributed by atoms with van der Waals surface area (Å²) >= 11 is 5.76. The smallest absolute Gasteiger partial charge is 0.258 e. The lowest BCUT2D eigenvalue weighted by molar-refractivity contribution is 0.102. The van der Waals surface area contributed by atoms with E-state index in [9.17, 15) is 13.6 Å². The Morgan fingerprint density at radius 1 is 1.16 bits per heavy atom. The van der Waals surface area contributed by atoms with Gasteiger partial charge in [0.2, 0.25) is 0 Å². The van der Waals surface area contributed by atoms with E-state index >= 15 is 0 Å². The van der Waals surface area contributed by atoms with Gasteiger partial charge in [-0.15, -0.1) is 0 Å². The van der Waals surface area contributed by atoms with Crippen LogP contribution in [0.1, 0.15) is 10.4 Å². The van der Waals surface area contributed by atoms with Crippen LogP contribution >= 0.6 is 11.6 Å². The van der Waals surface area contributed by atoms with Crippen molar-refractivity contribution < 1.29 is 13.6 Å². The van der Waals surface area contributed by atoms with Crippen molar-refractivity contribution in [1.82, 2.24) is 0 Å². The summed E-state index contributed by atoms with van der Waals surface area (Å²) in [5.41, 5.74) is 5.22. The number of rotatable bonds is 2. The van der Waals surface area contributed by atoms with E-state index in [2.05, 4.69) is 5.32 Å². The summed E-state index contributed by atoms with van der Waals surface area (Å²) in [5, 5.41) is 2.25. The summed E-state index contributed by atoms with van der Waals surface area (Å²) < 4.78 is 27.0. The number of amides is 1. The SMILES string of the molecule is Nc1ccc(F)c(C(=O)Nc2c(F)cccc2Cl)c1. The van der Waals surface area contributed by atoms with E-state index in [0.717, 1.165) is 12.1 Å². The van der Waals surface area contributed by atoms with Crippen LogP contribution in [0.25, 0.3) is 0 Å². The third-order valence-corrected chi connectivity index (χ3v) is 2.75. The van der Waals surface area contributed by atoms with Crippen LogP contribution in [0.2, 0.25) is 5.02 Å². The molecule has 0 aromatic heterocycles.